The number of hydrogen-bond donors (Lipinski definition) is 0. The van der Waals surface area contributed by atoms with Crippen molar-refractivity contribution in [3.8, 4) is 5.75 Å². The predicted molar refractivity (Wildman–Crippen MR) is 81.2 cm³/mol. The molecule has 1 aliphatic heterocycles. The zero-order valence-corrected chi connectivity index (χ0v) is 12.2. The minimum absolute atomic E-state index is 0.189. The molecule has 0 radical (unpaired) electrons. The van der Waals surface area contributed by atoms with Crippen LogP contribution < -0.4 is 4.74 Å². The summed E-state index contributed by atoms with van der Waals surface area (Å²) < 4.78 is 5.46. The number of rotatable bonds is 1. The maximum atomic E-state index is 5.46. The molecule has 20 heavy (non-hydrogen) atoms. The molecule has 0 amide bonds. The van der Waals surface area contributed by atoms with Crippen molar-refractivity contribution in [2.45, 2.75) is 24.3 Å². The molecule has 1 fully saturated rings. The molecule has 2 bridgehead atoms. The fourth-order valence-corrected chi connectivity index (χ4v) is 4.42. The van der Waals surface area contributed by atoms with Gasteiger partial charge in [-0.15, -0.1) is 0 Å². The van der Waals surface area contributed by atoms with Gasteiger partial charge in [0.2, 0.25) is 0 Å². The lowest BCUT2D eigenvalue weighted by Gasteiger charge is -2.55. The number of hydrogen-bond acceptors (Lipinski definition) is 2. The maximum absolute atomic E-state index is 5.46. The Hall–Kier alpha value is -1.54. The van der Waals surface area contributed by atoms with Gasteiger partial charge in [-0.2, -0.15) is 0 Å². The van der Waals surface area contributed by atoms with E-state index in [9.17, 15) is 0 Å². The first-order valence-electron chi connectivity index (χ1n) is 7.48. The topological polar surface area (TPSA) is 12.5 Å². The summed E-state index contributed by atoms with van der Waals surface area (Å²) in [5.41, 5.74) is 3.18. The Balaban J connectivity index is 1.93. The summed E-state index contributed by atoms with van der Waals surface area (Å²) in [4.78, 5) is 2.54. The van der Waals surface area contributed by atoms with E-state index in [2.05, 4.69) is 54.5 Å². The number of allylic oxidation sites excluding steroid dienone is 3. The first-order chi connectivity index (χ1) is 9.74. The Labute approximate surface area is 120 Å². The summed E-state index contributed by atoms with van der Waals surface area (Å²) in [7, 11) is 4.03. The van der Waals surface area contributed by atoms with E-state index in [-0.39, 0.29) is 5.41 Å². The molecule has 0 N–H and O–H groups in total. The number of methoxy groups -OCH3 is 1. The van der Waals surface area contributed by atoms with Gasteiger partial charge < -0.3 is 9.64 Å². The third-order valence-corrected chi connectivity index (χ3v) is 5.52. The van der Waals surface area contributed by atoms with E-state index < -0.39 is 0 Å². The van der Waals surface area contributed by atoms with Crippen molar-refractivity contribution >= 4 is 0 Å². The van der Waals surface area contributed by atoms with E-state index in [1.54, 1.807) is 7.11 Å². The van der Waals surface area contributed by atoms with E-state index in [1.165, 1.54) is 24.1 Å². The second-order valence-corrected chi connectivity index (χ2v) is 6.34. The highest BCUT2D eigenvalue weighted by Crippen LogP contribution is 2.52. The molecule has 0 spiro atoms. The lowest BCUT2D eigenvalue weighted by atomic mass is 9.56. The predicted octanol–water partition coefficient (Wildman–Crippen LogP) is 2.94. The Bertz CT molecular complexity index is 603. The van der Waals surface area contributed by atoms with Crippen molar-refractivity contribution in [1.82, 2.24) is 4.90 Å². The van der Waals surface area contributed by atoms with Gasteiger partial charge in [-0.1, -0.05) is 30.4 Å². The lowest BCUT2D eigenvalue weighted by Crippen LogP contribution is -2.57. The number of likely N-dealkylation sites (tertiary alicyclic amines) is 1. The molecule has 0 unspecified atom stereocenters. The highest BCUT2D eigenvalue weighted by molar-refractivity contribution is 5.50. The molecule has 1 aromatic rings. The smallest absolute Gasteiger partial charge is 0.119 e. The Morgan fingerprint density at radius 3 is 3.05 bits per heavy atom. The van der Waals surface area contributed by atoms with Gasteiger partial charge in [-0.3, -0.25) is 0 Å². The number of nitrogens with zero attached hydrogens (tertiary/aromatic N) is 1. The molecule has 2 heteroatoms. The largest absolute Gasteiger partial charge is 0.497 e. The van der Waals surface area contributed by atoms with E-state index in [0.717, 1.165) is 12.2 Å². The van der Waals surface area contributed by atoms with Crippen LogP contribution in [-0.2, 0) is 11.8 Å². The van der Waals surface area contributed by atoms with Crippen LogP contribution in [0, 0.1) is 5.92 Å². The number of benzene rings is 1. The molecule has 3 atom stereocenters. The molecule has 4 rings (SSSR count). The Morgan fingerprint density at radius 1 is 1.30 bits per heavy atom. The van der Waals surface area contributed by atoms with Crippen LogP contribution in [0.2, 0.25) is 0 Å². The number of fused-ring (bicyclic) bond motifs is 1. The van der Waals surface area contributed by atoms with Crippen LogP contribution in [0.25, 0.3) is 0 Å². The van der Waals surface area contributed by atoms with Gasteiger partial charge in [0.15, 0.2) is 0 Å². The second kappa shape index (κ2) is 4.23. The van der Waals surface area contributed by atoms with Crippen molar-refractivity contribution in [3.05, 3.63) is 53.6 Å². The van der Waals surface area contributed by atoms with Crippen molar-refractivity contribution in [2.75, 3.05) is 20.7 Å². The molecule has 1 saturated heterocycles. The lowest BCUT2D eigenvalue weighted by molar-refractivity contribution is 0.0798. The number of piperidine rings is 1. The second-order valence-electron chi connectivity index (χ2n) is 6.34. The van der Waals surface area contributed by atoms with Gasteiger partial charge in [0.05, 0.1) is 7.11 Å². The SMILES string of the molecule is COc1ccc2c(c1)[C@@]13C=CC=C[C@H]1[C@@H](C2)N(C)CC3. The minimum Gasteiger partial charge on any atom is -0.497 e. The van der Waals surface area contributed by atoms with Crippen LogP contribution in [0.1, 0.15) is 17.5 Å². The van der Waals surface area contributed by atoms with Gasteiger partial charge in [0, 0.05) is 17.4 Å². The van der Waals surface area contributed by atoms with Crippen molar-refractivity contribution in [3.63, 3.8) is 0 Å². The molecule has 1 heterocycles. The van der Waals surface area contributed by atoms with Gasteiger partial charge in [-0.05, 0) is 49.7 Å². The Kier molecular flexibility index (Phi) is 2.58. The van der Waals surface area contributed by atoms with Crippen molar-refractivity contribution in [2.24, 2.45) is 5.92 Å². The molecule has 1 aromatic carbocycles. The van der Waals surface area contributed by atoms with Crippen LogP contribution in [0.4, 0.5) is 0 Å². The summed E-state index contributed by atoms with van der Waals surface area (Å²) in [5.74, 6) is 1.59. The van der Waals surface area contributed by atoms with E-state index in [1.807, 2.05) is 0 Å². The van der Waals surface area contributed by atoms with Crippen LogP contribution in [-0.4, -0.2) is 31.6 Å². The molecule has 0 aromatic heterocycles. The summed E-state index contributed by atoms with van der Waals surface area (Å²) in [6.45, 7) is 1.18. The van der Waals surface area contributed by atoms with E-state index >= 15 is 0 Å². The molecular weight excluding hydrogens is 246 g/mol. The monoisotopic (exact) mass is 267 g/mol. The van der Waals surface area contributed by atoms with Crippen LogP contribution in [0.5, 0.6) is 5.75 Å². The zero-order valence-electron chi connectivity index (χ0n) is 12.2. The average molecular weight is 267 g/mol. The molecule has 2 nitrogen and oxygen atoms in total. The summed E-state index contributed by atoms with van der Waals surface area (Å²) >= 11 is 0. The highest BCUT2D eigenvalue weighted by Gasteiger charge is 2.50. The number of likely N-dealkylation sites (N-methyl/N-ethyl adjacent to an activating group) is 1. The van der Waals surface area contributed by atoms with Crippen molar-refractivity contribution in [1.29, 1.82) is 0 Å². The van der Waals surface area contributed by atoms with Gasteiger partial charge in [0.25, 0.3) is 0 Å². The molecule has 3 aliphatic rings. The molecule has 104 valence electrons. The standard InChI is InChI=1S/C18H21NO/c1-19-10-9-18-8-4-3-5-15(18)17(19)11-13-6-7-14(20-2)12-16(13)18/h3-8,12,15,17H,9-11H2,1-2H3/t15-,17+,18+/m0/s1. The fourth-order valence-electron chi connectivity index (χ4n) is 4.42. The first kappa shape index (κ1) is 12.2. The molecule has 0 saturated carbocycles. The maximum Gasteiger partial charge on any atom is 0.119 e. The van der Waals surface area contributed by atoms with Gasteiger partial charge >= 0.3 is 0 Å². The summed E-state index contributed by atoms with van der Waals surface area (Å²) in [5, 5.41) is 0. The van der Waals surface area contributed by atoms with Gasteiger partial charge in [0.1, 0.15) is 5.75 Å². The normalized spacial score (nSPS) is 34.5. The summed E-state index contributed by atoms with van der Waals surface area (Å²) in [6.07, 6.45) is 11.7. The zero-order chi connectivity index (χ0) is 13.7. The van der Waals surface area contributed by atoms with Crippen LogP contribution >= 0.6 is 0 Å². The van der Waals surface area contributed by atoms with E-state index in [4.69, 9.17) is 4.74 Å². The third-order valence-electron chi connectivity index (χ3n) is 5.52. The number of ether oxygens (including phenoxy) is 1. The molecular formula is C18H21NO. The van der Waals surface area contributed by atoms with Crippen molar-refractivity contribution < 1.29 is 4.74 Å². The van der Waals surface area contributed by atoms with Gasteiger partial charge in [-0.25, -0.2) is 0 Å². The molecule has 2 aliphatic carbocycles. The van der Waals surface area contributed by atoms with E-state index in [0.29, 0.717) is 12.0 Å². The quantitative estimate of drug-likeness (QED) is 0.775. The minimum atomic E-state index is 0.189. The van der Waals surface area contributed by atoms with Crippen LogP contribution in [0.15, 0.2) is 42.5 Å². The Morgan fingerprint density at radius 2 is 2.20 bits per heavy atom. The first-order valence-corrected chi connectivity index (χ1v) is 7.48. The summed E-state index contributed by atoms with van der Waals surface area (Å²) in [6, 6.07) is 7.27. The van der Waals surface area contributed by atoms with Crippen LogP contribution in [0.3, 0.4) is 0 Å². The fraction of sp³-hybridized carbons (Fsp3) is 0.444. The average Bonchev–Trinajstić information content (AvgIpc) is 2.50. The highest BCUT2D eigenvalue weighted by atomic mass is 16.5. The third kappa shape index (κ3) is 1.49.